The smallest absolute Gasteiger partial charge is 0.335 e. The first-order chi connectivity index (χ1) is 15.1. The summed E-state index contributed by atoms with van der Waals surface area (Å²) in [5.74, 6) is -2.14. The van der Waals surface area contributed by atoms with Gasteiger partial charge in [0.2, 0.25) is 5.79 Å². The van der Waals surface area contributed by atoms with Crippen LogP contribution < -0.4 is 0 Å². The molecule has 5 aliphatic heterocycles. The molecule has 2 bridgehead atoms. The second kappa shape index (κ2) is 7.82. The Labute approximate surface area is 185 Å². The molecule has 1 saturated carbocycles. The van der Waals surface area contributed by atoms with Crippen molar-refractivity contribution in [2.24, 2.45) is 23.7 Å². The van der Waals surface area contributed by atoms with Crippen LogP contribution in [-0.4, -0.2) is 81.1 Å². The number of carbonyl (C=O) groups is 1. The Morgan fingerprint density at radius 1 is 0.938 bits per heavy atom. The van der Waals surface area contributed by atoms with Crippen LogP contribution in [0.3, 0.4) is 0 Å². The summed E-state index contributed by atoms with van der Waals surface area (Å²) in [6.07, 6.45) is -6.80. The van der Waals surface area contributed by atoms with E-state index < -0.39 is 60.6 Å². The lowest BCUT2D eigenvalue weighted by Crippen LogP contribution is -2.71. The molecule has 6 rings (SSSR count). The predicted octanol–water partition coefficient (Wildman–Crippen LogP) is 0.103. The molecule has 1 aliphatic carbocycles. The van der Waals surface area contributed by atoms with E-state index >= 15 is 0 Å². The maximum absolute atomic E-state index is 11.4. The van der Waals surface area contributed by atoms with Crippen LogP contribution in [0, 0.1) is 23.7 Å². The van der Waals surface area contributed by atoms with Crippen molar-refractivity contribution in [1.82, 2.24) is 0 Å². The summed E-state index contributed by atoms with van der Waals surface area (Å²) in [6, 6.07) is 0. The molecule has 13 atom stereocenters. The lowest BCUT2D eigenvalue weighted by atomic mass is 9.58. The number of aliphatic hydroxyl groups is 3. The first kappa shape index (κ1) is 22.9. The maximum Gasteiger partial charge on any atom is 0.335 e. The lowest BCUT2D eigenvalue weighted by Gasteiger charge is -2.60. The van der Waals surface area contributed by atoms with E-state index in [9.17, 15) is 25.2 Å². The SMILES string of the molecule is CC1CCC2C(C)C(OC3OC(C(=O)O)C(O)C(O)C3O)OC3O[C@@]4(C)CCC1[C@]32OO4. The van der Waals surface area contributed by atoms with Crippen molar-refractivity contribution in [3.05, 3.63) is 0 Å². The first-order valence-corrected chi connectivity index (χ1v) is 11.4. The Hall–Kier alpha value is -0.890. The summed E-state index contributed by atoms with van der Waals surface area (Å²) < 4.78 is 23.7. The largest absolute Gasteiger partial charge is 0.479 e. The Kier molecular flexibility index (Phi) is 5.59. The number of fused-ring (bicyclic) bond motifs is 2. The van der Waals surface area contributed by atoms with Gasteiger partial charge in [-0.2, -0.15) is 0 Å². The number of carboxylic acids is 1. The van der Waals surface area contributed by atoms with Gasteiger partial charge in [-0.05, 0) is 38.0 Å². The fraction of sp³-hybridized carbons (Fsp3) is 0.952. The van der Waals surface area contributed by atoms with E-state index in [0.29, 0.717) is 12.3 Å². The van der Waals surface area contributed by atoms with E-state index in [1.54, 1.807) is 6.92 Å². The van der Waals surface area contributed by atoms with Gasteiger partial charge in [0.05, 0.1) is 0 Å². The second-order valence-corrected chi connectivity index (χ2v) is 10.1. The maximum atomic E-state index is 11.4. The fourth-order valence-electron chi connectivity index (χ4n) is 6.32. The van der Waals surface area contributed by atoms with Gasteiger partial charge < -0.3 is 39.4 Å². The first-order valence-electron chi connectivity index (χ1n) is 11.4. The van der Waals surface area contributed by atoms with E-state index in [2.05, 4.69) is 6.92 Å². The average molecular weight is 460 g/mol. The quantitative estimate of drug-likeness (QED) is 0.424. The van der Waals surface area contributed by atoms with Gasteiger partial charge in [0, 0.05) is 18.3 Å². The number of aliphatic carboxylic acids is 1. The van der Waals surface area contributed by atoms with Crippen molar-refractivity contribution in [2.45, 2.75) is 101 Å². The van der Waals surface area contributed by atoms with Gasteiger partial charge >= 0.3 is 5.97 Å². The number of rotatable bonds is 3. The monoisotopic (exact) mass is 460 g/mol. The summed E-state index contributed by atoms with van der Waals surface area (Å²) in [4.78, 5) is 23.2. The Morgan fingerprint density at radius 2 is 1.69 bits per heavy atom. The van der Waals surface area contributed by atoms with Gasteiger partial charge in [0.1, 0.15) is 18.3 Å². The standard InChI is InChI=1S/C21H32O11/c1-8-4-5-11-9(2)17(28-18-14(24)12(22)13(23)15(27-18)16(25)26)29-19-21(11)10(8)6-7-20(3,30-19)31-32-21/h8-15,17-19,22-24H,4-7H2,1-3H3,(H,25,26)/t8?,9?,10?,11?,12?,13?,14?,15?,17?,18?,19?,20-,21-/m1/s1. The van der Waals surface area contributed by atoms with Crippen LogP contribution in [0.4, 0.5) is 0 Å². The summed E-state index contributed by atoms with van der Waals surface area (Å²) in [6.45, 7) is 5.94. The number of carboxylic acid groups (broad SMARTS) is 1. The minimum absolute atomic E-state index is 0.0402. The molecule has 5 saturated heterocycles. The molecule has 1 spiro atoms. The van der Waals surface area contributed by atoms with Crippen molar-refractivity contribution in [3.63, 3.8) is 0 Å². The van der Waals surface area contributed by atoms with Gasteiger partial charge in [-0.25, -0.2) is 14.6 Å². The Morgan fingerprint density at radius 3 is 2.41 bits per heavy atom. The molecule has 0 aromatic rings. The van der Waals surface area contributed by atoms with E-state index in [1.165, 1.54) is 0 Å². The normalized spacial score (nSPS) is 57.5. The summed E-state index contributed by atoms with van der Waals surface area (Å²) >= 11 is 0. The van der Waals surface area contributed by atoms with E-state index in [-0.39, 0.29) is 17.8 Å². The highest BCUT2D eigenvalue weighted by Gasteiger charge is 2.69. The van der Waals surface area contributed by atoms with Gasteiger partial charge in [-0.1, -0.05) is 13.8 Å². The zero-order valence-corrected chi connectivity index (χ0v) is 18.3. The predicted molar refractivity (Wildman–Crippen MR) is 102 cm³/mol. The molecule has 11 heteroatoms. The zero-order valence-electron chi connectivity index (χ0n) is 18.3. The highest BCUT2D eigenvalue weighted by Crippen LogP contribution is 2.60. The van der Waals surface area contributed by atoms with Crippen molar-refractivity contribution >= 4 is 5.97 Å². The summed E-state index contributed by atoms with van der Waals surface area (Å²) in [5.41, 5.74) is -0.793. The molecule has 0 aromatic heterocycles. The molecule has 0 amide bonds. The molecule has 182 valence electrons. The highest BCUT2D eigenvalue weighted by molar-refractivity contribution is 5.73. The van der Waals surface area contributed by atoms with Crippen LogP contribution in [0.2, 0.25) is 0 Å². The number of hydrogen-bond donors (Lipinski definition) is 4. The Balaban J connectivity index is 1.41. The highest BCUT2D eigenvalue weighted by atomic mass is 17.3. The molecule has 6 aliphatic rings. The molecule has 11 nitrogen and oxygen atoms in total. The van der Waals surface area contributed by atoms with Crippen molar-refractivity contribution in [3.8, 4) is 0 Å². The minimum atomic E-state index is -1.79. The van der Waals surface area contributed by atoms with Gasteiger partial charge in [-0.15, -0.1) is 0 Å². The van der Waals surface area contributed by atoms with Crippen molar-refractivity contribution < 1.29 is 53.9 Å². The van der Waals surface area contributed by atoms with Crippen LogP contribution >= 0.6 is 0 Å². The van der Waals surface area contributed by atoms with Crippen molar-refractivity contribution in [1.29, 1.82) is 0 Å². The second-order valence-electron chi connectivity index (χ2n) is 10.1. The molecular formula is C21H32O11. The van der Waals surface area contributed by atoms with Gasteiger partial charge in [0.25, 0.3) is 0 Å². The minimum Gasteiger partial charge on any atom is -0.479 e. The molecule has 32 heavy (non-hydrogen) atoms. The summed E-state index contributed by atoms with van der Waals surface area (Å²) in [7, 11) is 0. The van der Waals surface area contributed by atoms with Crippen LogP contribution in [-0.2, 0) is 33.5 Å². The van der Waals surface area contributed by atoms with Crippen LogP contribution in [0.5, 0.6) is 0 Å². The molecule has 11 unspecified atom stereocenters. The molecular weight excluding hydrogens is 428 g/mol. The molecule has 6 fully saturated rings. The van der Waals surface area contributed by atoms with Crippen LogP contribution in [0.15, 0.2) is 0 Å². The number of hydrogen-bond acceptors (Lipinski definition) is 10. The topological polar surface area (TPSA) is 153 Å². The van der Waals surface area contributed by atoms with Crippen molar-refractivity contribution in [2.75, 3.05) is 0 Å². The van der Waals surface area contributed by atoms with Gasteiger partial charge in [-0.3, -0.25) is 0 Å². The number of ether oxygens (including phenoxy) is 4. The lowest BCUT2D eigenvalue weighted by molar-refractivity contribution is -0.579. The van der Waals surface area contributed by atoms with E-state index in [1.807, 2.05) is 6.92 Å². The third kappa shape index (κ3) is 3.25. The fourth-order valence-corrected chi connectivity index (χ4v) is 6.32. The summed E-state index contributed by atoms with van der Waals surface area (Å²) in [5, 5.41) is 39.7. The third-order valence-electron chi connectivity index (χ3n) is 8.18. The zero-order chi connectivity index (χ0) is 23.0. The van der Waals surface area contributed by atoms with Gasteiger partial charge in [0.15, 0.2) is 30.6 Å². The molecule has 0 aromatic carbocycles. The third-order valence-corrected chi connectivity index (χ3v) is 8.18. The van der Waals surface area contributed by atoms with E-state index in [4.69, 9.17) is 28.7 Å². The number of aliphatic hydroxyl groups excluding tert-OH is 3. The van der Waals surface area contributed by atoms with Crippen LogP contribution in [0.1, 0.15) is 46.5 Å². The van der Waals surface area contributed by atoms with E-state index in [0.717, 1.165) is 19.3 Å². The Bertz CT molecular complexity index is 749. The molecule has 4 N–H and O–H groups in total. The molecule has 0 radical (unpaired) electrons. The van der Waals surface area contributed by atoms with Crippen LogP contribution in [0.25, 0.3) is 0 Å². The molecule has 5 heterocycles. The average Bonchev–Trinajstić information content (AvgIpc) is 2.97.